The van der Waals surface area contributed by atoms with Gasteiger partial charge in [-0.2, -0.15) is 5.26 Å². The molecule has 1 heterocycles. The van der Waals surface area contributed by atoms with E-state index in [9.17, 15) is 5.11 Å². The maximum atomic E-state index is 10.4. The molecule has 0 bridgehead atoms. The predicted molar refractivity (Wildman–Crippen MR) is 70.0 cm³/mol. The second kappa shape index (κ2) is 5.36. The van der Waals surface area contributed by atoms with Crippen molar-refractivity contribution in [2.24, 2.45) is 5.92 Å². The van der Waals surface area contributed by atoms with Gasteiger partial charge in [0, 0.05) is 12.7 Å². The Morgan fingerprint density at radius 2 is 2.22 bits per heavy atom. The van der Waals surface area contributed by atoms with Crippen LogP contribution in [0, 0.1) is 17.2 Å². The Balaban J connectivity index is 1.91. The lowest BCUT2D eigenvalue weighted by Gasteiger charge is -2.30. The molecule has 0 amide bonds. The van der Waals surface area contributed by atoms with Crippen LogP contribution in [0.1, 0.15) is 38.2 Å². The topological polar surface area (TPSA) is 68.9 Å². The molecule has 1 aliphatic carbocycles. The zero-order valence-electron chi connectivity index (χ0n) is 10.7. The molecule has 2 N–H and O–H groups in total. The van der Waals surface area contributed by atoms with Crippen molar-refractivity contribution in [2.45, 2.75) is 38.2 Å². The maximum absolute atomic E-state index is 10.4. The van der Waals surface area contributed by atoms with Gasteiger partial charge in [0.25, 0.3) is 0 Å². The van der Waals surface area contributed by atoms with E-state index in [1.54, 1.807) is 12.1 Å². The normalized spacial score (nSPS) is 19.2. The number of rotatable bonds is 4. The highest BCUT2D eigenvalue weighted by Gasteiger charge is 2.33. The van der Waals surface area contributed by atoms with Crippen LogP contribution in [0.25, 0.3) is 0 Å². The van der Waals surface area contributed by atoms with Gasteiger partial charge in [-0.05, 0) is 37.8 Å². The third-order valence-corrected chi connectivity index (χ3v) is 3.75. The van der Waals surface area contributed by atoms with E-state index in [2.05, 4.69) is 10.3 Å². The minimum atomic E-state index is -0.688. The molecule has 4 heteroatoms. The molecule has 0 aliphatic heterocycles. The Hall–Kier alpha value is -1.60. The van der Waals surface area contributed by atoms with Crippen LogP contribution in [0.3, 0.4) is 0 Å². The zero-order valence-corrected chi connectivity index (χ0v) is 10.7. The van der Waals surface area contributed by atoms with Crippen LogP contribution in [-0.2, 0) is 0 Å². The largest absolute Gasteiger partial charge is 0.388 e. The average molecular weight is 245 g/mol. The summed E-state index contributed by atoms with van der Waals surface area (Å²) >= 11 is 0. The van der Waals surface area contributed by atoms with Crippen molar-refractivity contribution in [3.05, 3.63) is 23.9 Å². The second-order valence-electron chi connectivity index (χ2n) is 5.24. The fraction of sp³-hybridized carbons (Fsp3) is 0.571. The van der Waals surface area contributed by atoms with E-state index in [1.165, 1.54) is 19.0 Å². The monoisotopic (exact) mass is 245 g/mol. The van der Waals surface area contributed by atoms with Crippen LogP contribution in [0.4, 0.5) is 5.82 Å². The van der Waals surface area contributed by atoms with Gasteiger partial charge in [-0.1, -0.05) is 12.8 Å². The van der Waals surface area contributed by atoms with E-state index >= 15 is 0 Å². The number of pyridine rings is 1. The van der Waals surface area contributed by atoms with Crippen molar-refractivity contribution in [1.29, 1.82) is 5.26 Å². The van der Waals surface area contributed by atoms with Crippen molar-refractivity contribution in [2.75, 3.05) is 11.9 Å². The quantitative estimate of drug-likeness (QED) is 0.854. The van der Waals surface area contributed by atoms with Gasteiger partial charge in [-0.3, -0.25) is 0 Å². The highest BCUT2D eigenvalue weighted by atomic mass is 16.3. The smallest absolute Gasteiger partial charge is 0.126 e. The number of nitrogens with one attached hydrogen (secondary N) is 1. The summed E-state index contributed by atoms with van der Waals surface area (Å²) in [6.07, 6.45) is 6.18. The molecule has 0 radical (unpaired) electrons. The van der Waals surface area contributed by atoms with Crippen LogP contribution in [0.2, 0.25) is 0 Å². The number of hydrogen-bond acceptors (Lipinski definition) is 4. The van der Waals surface area contributed by atoms with E-state index in [-0.39, 0.29) is 0 Å². The van der Waals surface area contributed by atoms with Gasteiger partial charge in [0.2, 0.25) is 0 Å². The first kappa shape index (κ1) is 12.8. The lowest BCUT2D eigenvalue weighted by Crippen LogP contribution is -2.40. The van der Waals surface area contributed by atoms with Crippen LogP contribution in [-0.4, -0.2) is 22.2 Å². The van der Waals surface area contributed by atoms with E-state index in [0.717, 1.165) is 12.8 Å². The Morgan fingerprint density at radius 3 is 2.78 bits per heavy atom. The van der Waals surface area contributed by atoms with Gasteiger partial charge in [-0.25, -0.2) is 4.98 Å². The molecule has 2 rings (SSSR count). The highest BCUT2D eigenvalue weighted by Crippen LogP contribution is 2.33. The third-order valence-electron chi connectivity index (χ3n) is 3.75. The van der Waals surface area contributed by atoms with Gasteiger partial charge in [-0.15, -0.1) is 0 Å². The number of nitrogens with zero attached hydrogens (tertiary/aromatic N) is 2. The number of hydrogen-bond donors (Lipinski definition) is 2. The summed E-state index contributed by atoms with van der Waals surface area (Å²) < 4.78 is 0. The summed E-state index contributed by atoms with van der Waals surface area (Å²) in [6.45, 7) is 2.39. The number of anilines is 1. The Labute approximate surface area is 108 Å². The first-order valence-electron chi connectivity index (χ1n) is 6.44. The van der Waals surface area contributed by atoms with Crippen molar-refractivity contribution in [3.8, 4) is 6.07 Å². The highest BCUT2D eigenvalue weighted by molar-refractivity contribution is 5.39. The molecular weight excluding hydrogens is 226 g/mol. The van der Waals surface area contributed by atoms with Gasteiger partial charge in [0.05, 0.1) is 11.2 Å². The van der Waals surface area contributed by atoms with Crippen LogP contribution in [0.15, 0.2) is 18.3 Å². The second-order valence-corrected chi connectivity index (χ2v) is 5.24. The van der Waals surface area contributed by atoms with E-state index in [0.29, 0.717) is 23.8 Å². The molecule has 1 unspecified atom stereocenters. The van der Waals surface area contributed by atoms with Crippen molar-refractivity contribution >= 4 is 5.82 Å². The average Bonchev–Trinajstić information content (AvgIpc) is 2.92. The number of aromatic nitrogens is 1. The van der Waals surface area contributed by atoms with Crippen LogP contribution < -0.4 is 5.32 Å². The maximum Gasteiger partial charge on any atom is 0.126 e. The molecule has 1 aromatic heterocycles. The lowest BCUT2D eigenvalue weighted by atomic mass is 9.88. The zero-order chi connectivity index (χ0) is 13.0. The summed E-state index contributed by atoms with van der Waals surface area (Å²) in [5.41, 5.74) is -0.144. The molecule has 1 fully saturated rings. The lowest BCUT2D eigenvalue weighted by molar-refractivity contribution is 0.0142. The summed E-state index contributed by atoms with van der Waals surface area (Å²) in [6, 6.07) is 5.52. The minimum absolute atomic E-state index is 0.378. The van der Waals surface area contributed by atoms with Crippen molar-refractivity contribution in [1.82, 2.24) is 4.98 Å². The third kappa shape index (κ3) is 2.99. The predicted octanol–water partition coefficient (Wildman–Crippen LogP) is 2.31. The van der Waals surface area contributed by atoms with Gasteiger partial charge >= 0.3 is 0 Å². The SMILES string of the molecule is CC(O)(CNc1ccc(C#N)cn1)C1CCCC1. The summed E-state index contributed by atoms with van der Waals surface area (Å²) in [4.78, 5) is 4.13. The van der Waals surface area contributed by atoms with Gasteiger partial charge in [0.1, 0.15) is 11.9 Å². The molecule has 0 aromatic carbocycles. The standard InChI is InChI=1S/C14H19N3O/c1-14(18,12-4-2-3-5-12)10-17-13-7-6-11(8-15)9-16-13/h6-7,9,12,18H,2-5,10H2,1H3,(H,16,17). The van der Waals surface area contributed by atoms with Crippen LogP contribution in [0.5, 0.6) is 0 Å². The molecule has 0 spiro atoms. The minimum Gasteiger partial charge on any atom is -0.388 e. The molecule has 1 aromatic rings. The first-order chi connectivity index (χ1) is 8.62. The molecule has 0 saturated heterocycles. The first-order valence-corrected chi connectivity index (χ1v) is 6.44. The summed E-state index contributed by atoms with van der Waals surface area (Å²) in [7, 11) is 0. The van der Waals surface area contributed by atoms with E-state index in [4.69, 9.17) is 5.26 Å². The Morgan fingerprint density at radius 1 is 1.50 bits per heavy atom. The molecule has 1 saturated carbocycles. The molecule has 18 heavy (non-hydrogen) atoms. The summed E-state index contributed by atoms with van der Waals surface area (Å²) in [5.74, 6) is 1.08. The molecular formula is C14H19N3O. The van der Waals surface area contributed by atoms with Crippen molar-refractivity contribution < 1.29 is 5.11 Å². The number of aliphatic hydroxyl groups is 1. The Bertz CT molecular complexity index is 427. The Kier molecular flexibility index (Phi) is 3.83. The van der Waals surface area contributed by atoms with Gasteiger partial charge in [0.15, 0.2) is 0 Å². The number of nitriles is 1. The van der Waals surface area contributed by atoms with E-state index in [1.807, 2.05) is 13.0 Å². The fourth-order valence-corrected chi connectivity index (χ4v) is 2.53. The van der Waals surface area contributed by atoms with Gasteiger partial charge < -0.3 is 10.4 Å². The van der Waals surface area contributed by atoms with Crippen molar-refractivity contribution in [3.63, 3.8) is 0 Å². The fourth-order valence-electron chi connectivity index (χ4n) is 2.53. The molecule has 96 valence electrons. The van der Waals surface area contributed by atoms with E-state index < -0.39 is 5.60 Å². The molecule has 1 atom stereocenters. The summed E-state index contributed by atoms with van der Waals surface area (Å²) in [5, 5.41) is 22.3. The molecule has 1 aliphatic rings. The van der Waals surface area contributed by atoms with Crippen LogP contribution >= 0.6 is 0 Å². The molecule has 4 nitrogen and oxygen atoms in total.